The number of imidazole rings is 1. The van der Waals surface area contributed by atoms with E-state index in [-0.39, 0.29) is 5.69 Å². The van der Waals surface area contributed by atoms with Crippen molar-refractivity contribution in [2.45, 2.75) is 45.2 Å². The standard InChI is InChI=1S/C14H22N4O2/c1-3-20-14(19)12-13(15)18(9(2)16-12)11-6-7-17(8-11)10-4-5-10/h10-11H,3-8,15H2,1-2H3. The Kier molecular flexibility index (Phi) is 3.41. The van der Waals surface area contributed by atoms with E-state index in [9.17, 15) is 4.79 Å². The van der Waals surface area contributed by atoms with Crippen molar-refractivity contribution < 1.29 is 9.53 Å². The molecule has 6 nitrogen and oxygen atoms in total. The third-order valence-electron chi connectivity index (χ3n) is 4.22. The lowest BCUT2D eigenvalue weighted by Gasteiger charge is -2.17. The Morgan fingerprint density at radius 2 is 2.15 bits per heavy atom. The second kappa shape index (κ2) is 5.09. The van der Waals surface area contributed by atoms with Crippen LogP contribution in [0.5, 0.6) is 0 Å². The summed E-state index contributed by atoms with van der Waals surface area (Å²) in [5, 5.41) is 0. The number of carbonyl (C=O) groups excluding carboxylic acids is 1. The van der Waals surface area contributed by atoms with E-state index < -0.39 is 5.97 Å². The molecule has 1 aromatic rings. The molecule has 1 aliphatic carbocycles. The van der Waals surface area contributed by atoms with Gasteiger partial charge in [-0.25, -0.2) is 9.78 Å². The quantitative estimate of drug-likeness (QED) is 0.842. The van der Waals surface area contributed by atoms with Crippen LogP contribution in [-0.4, -0.2) is 46.2 Å². The van der Waals surface area contributed by atoms with E-state index in [0.717, 1.165) is 31.4 Å². The molecule has 1 unspecified atom stereocenters. The molecule has 0 radical (unpaired) electrons. The zero-order valence-electron chi connectivity index (χ0n) is 12.1. The number of hydrogen-bond acceptors (Lipinski definition) is 5. The van der Waals surface area contributed by atoms with Crippen LogP contribution in [0.4, 0.5) is 5.82 Å². The fourth-order valence-electron chi connectivity index (χ4n) is 3.12. The van der Waals surface area contributed by atoms with E-state index in [4.69, 9.17) is 10.5 Å². The van der Waals surface area contributed by atoms with E-state index in [2.05, 4.69) is 9.88 Å². The summed E-state index contributed by atoms with van der Waals surface area (Å²) in [7, 11) is 0. The van der Waals surface area contributed by atoms with Crippen LogP contribution in [0.15, 0.2) is 0 Å². The van der Waals surface area contributed by atoms with Gasteiger partial charge in [-0.15, -0.1) is 0 Å². The van der Waals surface area contributed by atoms with Gasteiger partial charge in [0, 0.05) is 19.1 Å². The molecule has 0 amide bonds. The number of carbonyl (C=O) groups is 1. The third-order valence-corrected chi connectivity index (χ3v) is 4.22. The molecule has 1 atom stereocenters. The van der Waals surface area contributed by atoms with Crippen LogP contribution in [0.2, 0.25) is 0 Å². The highest BCUT2D eigenvalue weighted by atomic mass is 16.5. The van der Waals surface area contributed by atoms with E-state index in [1.54, 1.807) is 6.92 Å². The Morgan fingerprint density at radius 1 is 1.40 bits per heavy atom. The molecule has 2 aliphatic rings. The summed E-state index contributed by atoms with van der Waals surface area (Å²) >= 11 is 0. The zero-order valence-corrected chi connectivity index (χ0v) is 12.1. The minimum atomic E-state index is -0.427. The van der Waals surface area contributed by atoms with Crippen molar-refractivity contribution >= 4 is 11.8 Å². The predicted octanol–water partition coefficient (Wildman–Crippen LogP) is 1.36. The number of nitrogen functional groups attached to an aromatic ring is 1. The Bertz CT molecular complexity index is 521. The number of ether oxygens (including phenoxy) is 1. The SMILES string of the molecule is CCOC(=O)c1nc(C)n(C2CCN(C3CC3)C2)c1N. The summed E-state index contributed by atoms with van der Waals surface area (Å²) in [4.78, 5) is 18.7. The average molecular weight is 278 g/mol. The highest BCUT2D eigenvalue weighted by Gasteiger charge is 2.36. The van der Waals surface area contributed by atoms with Gasteiger partial charge in [0.05, 0.1) is 12.6 Å². The summed E-state index contributed by atoms with van der Waals surface area (Å²) in [5.41, 5.74) is 6.39. The van der Waals surface area contributed by atoms with Crippen molar-refractivity contribution in [3.63, 3.8) is 0 Å². The number of likely N-dealkylation sites (tertiary alicyclic amines) is 1. The molecule has 1 saturated heterocycles. The second-order valence-electron chi connectivity index (χ2n) is 5.65. The summed E-state index contributed by atoms with van der Waals surface area (Å²) < 4.78 is 7.01. The van der Waals surface area contributed by atoms with E-state index in [1.807, 2.05) is 11.5 Å². The summed E-state index contributed by atoms with van der Waals surface area (Å²) in [6, 6.07) is 1.10. The number of nitrogens with zero attached hydrogens (tertiary/aromatic N) is 3. The smallest absolute Gasteiger partial charge is 0.360 e. The molecule has 2 fully saturated rings. The zero-order chi connectivity index (χ0) is 14.3. The first-order chi connectivity index (χ1) is 9.61. The van der Waals surface area contributed by atoms with Gasteiger partial charge in [-0.05, 0) is 33.1 Å². The van der Waals surface area contributed by atoms with Gasteiger partial charge in [0.1, 0.15) is 11.6 Å². The van der Waals surface area contributed by atoms with Crippen molar-refractivity contribution in [1.82, 2.24) is 14.5 Å². The molecule has 3 rings (SSSR count). The van der Waals surface area contributed by atoms with Crippen LogP contribution in [0.25, 0.3) is 0 Å². The first kappa shape index (κ1) is 13.4. The Hall–Kier alpha value is -1.56. The number of anilines is 1. The molecule has 1 aromatic heterocycles. The topological polar surface area (TPSA) is 73.4 Å². The number of hydrogen-bond donors (Lipinski definition) is 1. The summed E-state index contributed by atoms with van der Waals surface area (Å²) in [5.74, 6) is 0.820. The molecule has 2 N–H and O–H groups in total. The maximum atomic E-state index is 11.8. The maximum Gasteiger partial charge on any atom is 0.360 e. The molecule has 2 heterocycles. The van der Waals surface area contributed by atoms with Crippen LogP contribution in [0.3, 0.4) is 0 Å². The van der Waals surface area contributed by atoms with Crippen molar-refractivity contribution in [2.75, 3.05) is 25.4 Å². The van der Waals surface area contributed by atoms with Crippen LogP contribution in [-0.2, 0) is 4.74 Å². The maximum absolute atomic E-state index is 11.8. The first-order valence-corrected chi connectivity index (χ1v) is 7.37. The Morgan fingerprint density at radius 3 is 2.80 bits per heavy atom. The lowest BCUT2D eigenvalue weighted by molar-refractivity contribution is 0.0521. The lowest BCUT2D eigenvalue weighted by atomic mass is 10.2. The molecule has 20 heavy (non-hydrogen) atoms. The molecular formula is C14H22N4O2. The van der Waals surface area contributed by atoms with Gasteiger partial charge in [-0.3, -0.25) is 4.90 Å². The largest absolute Gasteiger partial charge is 0.461 e. The molecular weight excluding hydrogens is 256 g/mol. The first-order valence-electron chi connectivity index (χ1n) is 7.37. The Labute approximate surface area is 118 Å². The van der Waals surface area contributed by atoms with Gasteiger partial charge in [0.25, 0.3) is 0 Å². The number of aromatic nitrogens is 2. The van der Waals surface area contributed by atoms with E-state index in [0.29, 0.717) is 18.5 Å². The molecule has 0 spiro atoms. The minimum absolute atomic E-state index is 0.259. The second-order valence-corrected chi connectivity index (χ2v) is 5.65. The van der Waals surface area contributed by atoms with Gasteiger partial charge < -0.3 is 15.0 Å². The number of nitrogens with two attached hydrogens (primary N) is 1. The van der Waals surface area contributed by atoms with Gasteiger partial charge in [-0.2, -0.15) is 0 Å². The highest BCUT2D eigenvalue weighted by Crippen LogP contribution is 2.35. The normalized spacial score (nSPS) is 23.2. The van der Waals surface area contributed by atoms with Gasteiger partial charge in [-0.1, -0.05) is 0 Å². The minimum Gasteiger partial charge on any atom is -0.461 e. The van der Waals surface area contributed by atoms with Crippen molar-refractivity contribution in [3.8, 4) is 0 Å². The fourth-order valence-corrected chi connectivity index (χ4v) is 3.12. The molecule has 1 aliphatic heterocycles. The van der Waals surface area contributed by atoms with Crippen molar-refractivity contribution in [1.29, 1.82) is 0 Å². The number of rotatable bonds is 4. The molecule has 6 heteroatoms. The van der Waals surface area contributed by atoms with Gasteiger partial charge in [0.2, 0.25) is 0 Å². The third kappa shape index (κ3) is 2.28. The van der Waals surface area contributed by atoms with Crippen molar-refractivity contribution in [3.05, 3.63) is 11.5 Å². The average Bonchev–Trinajstić information content (AvgIpc) is 3.08. The summed E-state index contributed by atoms with van der Waals surface area (Å²) in [6.07, 6.45) is 3.71. The molecule has 1 saturated carbocycles. The van der Waals surface area contributed by atoms with Gasteiger partial charge >= 0.3 is 5.97 Å². The van der Waals surface area contributed by atoms with Crippen LogP contribution >= 0.6 is 0 Å². The van der Waals surface area contributed by atoms with Crippen LogP contribution in [0, 0.1) is 6.92 Å². The van der Waals surface area contributed by atoms with Crippen LogP contribution in [0.1, 0.15) is 48.5 Å². The van der Waals surface area contributed by atoms with E-state index >= 15 is 0 Å². The molecule has 0 bridgehead atoms. The van der Waals surface area contributed by atoms with Gasteiger partial charge in [0.15, 0.2) is 5.69 Å². The Balaban J connectivity index is 1.81. The summed E-state index contributed by atoms with van der Waals surface area (Å²) in [6.45, 7) is 6.14. The number of esters is 1. The molecule has 0 aromatic carbocycles. The van der Waals surface area contributed by atoms with Crippen molar-refractivity contribution in [2.24, 2.45) is 0 Å². The van der Waals surface area contributed by atoms with Crippen LogP contribution < -0.4 is 5.73 Å². The lowest BCUT2D eigenvalue weighted by Crippen LogP contribution is -2.24. The monoisotopic (exact) mass is 278 g/mol. The van der Waals surface area contributed by atoms with E-state index in [1.165, 1.54) is 12.8 Å². The molecule has 110 valence electrons. The predicted molar refractivity (Wildman–Crippen MR) is 75.6 cm³/mol. The highest BCUT2D eigenvalue weighted by molar-refractivity contribution is 5.92. The fraction of sp³-hybridized carbons (Fsp3) is 0.714. The number of aryl methyl sites for hydroxylation is 1.